The topological polar surface area (TPSA) is 35.5 Å². The highest BCUT2D eigenvalue weighted by molar-refractivity contribution is 5.96. The Morgan fingerprint density at radius 2 is 1.10 bits per heavy atom. The quantitative estimate of drug-likeness (QED) is 0.327. The number of unbranched alkanes of at least 4 members (excludes halogenated alkanes) is 6. The first-order chi connectivity index (χ1) is 14.1. The van der Waals surface area contributed by atoms with Crippen molar-refractivity contribution in [3.05, 3.63) is 0 Å². The Morgan fingerprint density at radius 1 is 0.690 bits per heavy atom. The lowest BCUT2D eigenvalue weighted by Crippen LogP contribution is -2.60. The molecule has 0 amide bonds. The van der Waals surface area contributed by atoms with Crippen molar-refractivity contribution in [3.63, 3.8) is 0 Å². The Labute approximate surface area is 179 Å². The SMILES string of the molecule is CCCCCCOC1CCC2(CC1)CC1(CCC(OCCCCCC)CC1)C2=O. The zero-order valence-electron chi connectivity index (χ0n) is 19.3. The highest BCUT2D eigenvalue weighted by Gasteiger charge is 2.63. The first-order valence-electron chi connectivity index (χ1n) is 12.9. The van der Waals surface area contributed by atoms with Crippen molar-refractivity contribution in [3.8, 4) is 0 Å². The summed E-state index contributed by atoms with van der Waals surface area (Å²) in [6, 6.07) is 0. The molecule has 0 heterocycles. The summed E-state index contributed by atoms with van der Waals surface area (Å²) in [7, 11) is 0. The molecule has 0 unspecified atom stereocenters. The van der Waals surface area contributed by atoms with E-state index in [1.807, 2.05) is 0 Å². The second-order valence-corrected chi connectivity index (χ2v) is 10.3. The lowest BCUT2D eigenvalue weighted by molar-refractivity contribution is -0.173. The Hall–Kier alpha value is -0.410. The fourth-order valence-corrected chi connectivity index (χ4v) is 6.25. The maximum Gasteiger partial charge on any atom is 0.145 e. The van der Waals surface area contributed by atoms with Gasteiger partial charge in [0.15, 0.2) is 0 Å². The van der Waals surface area contributed by atoms with Gasteiger partial charge >= 0.3 is 0 Å². The smallest absolute Gasteiger partial charge is 0.145 e. The van der Waals surface area contributed by atoms with Crippen LogP contribution in [0.2, 0.25) is 0 Å². The van der Waals surface area contributed by atoms with E-state index in [4.69, 9.17) is 9.47 Å². The van der Waals surface area contributed by atoms with Gasteiger partial charge in [0.05, 0.1) is 12.2 Å². The first-order valence-corrected chi connectivity index (χ1v) is 12.9. The number of hydrogen-bond acceptors (Lipinski definition) is 3. The Balaban J connectivity index is 1.32. The number of Topliss-reactive ketones (excluding diaryl/α,β-unsaturated/α-hetero) is 1. The molecule has 0 aromatic heterocycles. The summed E-state index contributed by atoms with van der Waals surface area (Å²) in [6.07, 6.45) is 20.8. The Bertz CT molecular complexity index is 442. The Morgan fingerprint density at radius 3 is 1.45 bits per heavy atom. The first kappa shape index (κ1) is 23.3. The van der Waals surface area contributed by atoms with Crippen LogP contribution in [0, 0.1) is 10.8 Å². The average molecular weight is 407 g/mol. The van der Waals surface area contributed by atoms with E-state index < -0.39 is 0 Å². The molecule has 3 nitrogen and oxygen atoms in total. The predicted octanol–water partition coefficient (Wildman–Crippen LogP) is 7.01. The number of carbonyl (C=O) groups is 1. The van der Waals surface area contributed by atoms with Crippen LogP contribution in [0.1, 0.15) is 123 Å². The van der Waals surface area contributed by atoms with Gasteiger partial charge < -0.3 is 9.47 Å². The van der Waals surface area contributed by atoms with Crippen LogP contribution in [0.25, 0.3) is 0 Å². The van der Waals surface area contributed by atoms with E-state index in [-0.39, 0.29) is 10.8 Å². The number of rotatable bonds is 12. The van der Waals surface area contributed by atoms with Gasteiger partial charge in [-0.3, -0.25) is 4.79 Å². The van der Waals surface area contributed by atoms with E-state index in [0.717, 1.165) is 71.0 Å². The summed E-state index contributed by atoms with van der Waals surface area (Å²) in [5.41, 5.74) is 0.0475. The molecule has 168 valence electrons. The van der Waals surface area contributed by atoms with Gasteiger partial charge in [-0.1, -0.05) is 52.4 Å². The van der Waals surface area contributed by atoms with Gasteiger partial charge in [-0.15, -0.1) is 0 Å². The van der Waals surface area contributed by atoms with Crippen molar-refractivity contribution in [2.45, 2.75) is 135 Å². The molecule has 3 saturated carbocycles. The number of ketones is 1. The van der Waals surface area contributed by atoms with Crippen molar-refractivity contribution in [2.75, 3.05) is 13.2 Å². The van der Waals surface area contributed by atoms with Crippen LogP contribution in [-0.4, -0.2) is 31.2 Å². The molecule has 3 fully saturated rings. The van der Waals surface area contributed by atoms with Gasteiger partial charge in [-0.2, -0.15) is 0 Å². The van der Waals surface area contributed by atoms with E-state index >= 15 is 0 Å². The molecule has 0 radical (unpaired) electrons. The minimum absolute atomic E-state index is 0.0237. The zero-order valence-corrected chi connectivity index (χ0v) is 19.3. The van der Waals surface area contributed by atoms with E-state index in [2.05, 4.69) is 13.8 Å². The summed E-state index contributed by atoms with van der Waals surface area (Å²) in [5, 5.41) is 0. The normalized spacial score (nSPS) is 34.6. The van der Waals surface area contributed by atoms with Gasteiger partial charge in [0, 0.05) is 24.0 Å². The third kappa shape index (κ3) is 5.85. The molecular weight excluding hydrogens is 360 g/mol. The fourth-order valence-electron chi connectivity index (χ4n) is 6.25. The van der Waals surface area contributed by atoms with Crippen LogP contribution in [-0.2, 0) is 14.3 Å². The third-order valence-corrected chi connectivity index (χ3v) is 8.12. The zero-order chi connectivity index (χ0) is 20.6. The lowest BCUT2D eigenvalue weighted by atomic mass is 9.44. The van der Waals surface area contributed by atoms with Crippen molar-refractivity contribution in [1.82, 2.24) is 0 Å². The third-order valence-electron chi connectivity index (χ3n) is 8.12. The van der Waals surface area contributed by atoms with Gasteiger partial charge in [-0.25, -0.2) is 0 Å². The van der Waals surface area contributed by atoms with Crippen LogP contribution in [0.15, 0.2) is 0 Å². The van der Waals surface area contributed by atoms with Crippen LogP contribution in [0.3, 0.4) is 0 Å². The monoisotopic (exact) mass is 406 g/mol. The molecular formula is C26H46O3. The standard InChI is InChI=1S/C26H46O3/c1-3-5-7-9-19-28-22-11-15-25(16-12-22)21-26(24(25)27)17-13-23(14-18-26)29-20-10-8-6-4-2/h22-23H,3-21H2,1-2H3. The maximum absolute atomic E-state index is 13.3. The minimum Gasteiger partial charge on any atom is -0.378 e. The van der Waals surface area contributed by atoms with Crippen LogP contribution in [0.4, 0.5) is 0 Å². The molecule has 29 heavy (non-hydrogen) atoms. The molecule has 0 bridgehead atoms. The van der Waals surface area contributed by atoms with E-state index in [9.17, 15) is 4.79 Å². The predicted molar refractivity (Wildman–Crippen MR) is 119 cm³/mol. The van der Waals surface area contributed by atoms with Gasteiger partial charge in [0.1, 0.15) is 5.78 Å². The maximum atomic E-state index is 13.3. The van der Waals surface area contributed by atoms with E-state index in [0.29, 0.717) is 18.0 Å². The fraction of sp³-hybridized carbons (Fsp3) is 0.962. The van der Waals surface area contributed by atoms with Crippen LogP contribution >= 0.6 is 0 Å². The second-order valence-electron chi connectivity index (χ2n) is 10.3. The molecule has 0 atom stereocenters. The van der Waals surface area contributed by atoms with Crippen molar-refractivity contribution in [2.24, 2.45) is 10.8 Å². The second kappa shape index (κ2) is 11.3. The summed E-state index contributed by atoms with van der Waals surface area (Å²) in [4.78, 5) is 13.3. The molecule has 0 aromatic rings. The molecule has 0 saturated heterocycles. The van der Waals surface area contributed by atoms with Crippen molar-refractivity contribution >= 4 is 5.78 Å². The molecule has 3 heteroatoms. The lowest BCUT2D eigenvalue weighted by Gasteiger charge is -2.59. The summed E-state index contributed by atoms with van der Waals surface area (Å²) in [6.45, 7) is 6.32. The van der Waals surface area contributed by atoms with Crippen LogP contribution in [0.5, 0.6) is 0 Å². The summed E-state index contributed by atoms with van der Waals surface area (Å²) < 4.78 is 12.2. The molecule has 0 aromatic carbocycles. The molecule has 3 aliphatic carbocycles. The highest BCUT2D eigenvalue weighted by atomic mass is 16.5. The highest BCUT2D eigenvalue weighted by Crippen LogP contribution is 2.63. The molecule has 0 aliphatic heterocycles. The minimum atomic E-state index is 0.0237. The van der Waals surface area contributed by atoms with E-state index in [1.54, 1.807) is 0 Å². The Kier molecular flexibility index (Phi) is 9.04. The molecule has 0 N–H and O–H groups in total. The van der Waals surface area contributed by atoms with Gasteiger partial charge in [0.25, 0.3) is 0 Å². The molecule has 2 spiro atoms. The van der Waals surface area contributed by atoms with Gasteiger partial charge in [-0.05, 0) is 70.6 Å². The summed E-state index contributed by atoms with van der Waals surface area (Å²) in [5.74, 6) is 0.618. The van der Waals surface area contributed by atoms with Crippen molar-refractivity contribution < 1.29 is 14.3 Å². The van der Waals surface area contributed by atoms with Crippen LogP contribution < -0.4 is 0 Å². The molecule has 3 rings (SSSR count). The van der Waals surface area contributed by atoms with E-state index in [1.165, 1.54) is 51.4 Å². The summed E-state index contributed by atoms with van der Waals surface area (Å²) >= 11 is 0. The molecule has 3 aliphatic rings. The number of ether oxygens (including phenoxy) is 2. The average Bonchev–Trinajstić information content (AvgIpc) is 2.75. The number of carbonyl (C=O) groups excluding carboxylic acids is 1. The van der Waals surface area contributed by atoms with Gasteiger partial charge in [0.2, 0.25) is 0 Å². The number of hydrogen-bond donors (Lipinski definition) is 0. The van der Waals surface area contributed by atoms with Crippen molar-refractivity contribution in [1.29, 1.82) is 0 Å². The largest absolute Gasteiger partial charge is 0.378 e.